The third-order valence-corrected chi connectivity index (χ3v) is 3.56. The van der Waals surface area contributed by atoms with Gasteiger partial charge in [0.05, 0.1) is 6.10 Å². The normalized spacial score (nSPS) is 14.7. The molecule has 0 aromatic heterocycles. The summed E-state index contributed by atoms with van der Waals surface area (Å²) in [5, 5.41) is 0. The first-order valence-electron chi connectivity index (χ1n) is 5.84. The van der Waals surface area contributed by atoms with Crippen LogP contribution in [0.25, 0.3) is 0 Å². The van der Waals surface area contributed by atoms with Gasteiger partial charge in [-0.2, -0.15) is 0 Å². The van der Waals surface area contributed by atoms with E-state index < -0.39 is 8.32 Å². The predicted molar refractivity (Wildman–Crippen MR) is 70.4 cm³/mol. The fourth-order valence-electron chi connectivity index (χ4n) is 1.82. The van der Waals surface area contributed by atoms with Crippen LogP contribution < -0.4 is 0 Å². The van der Waals surface area contributed by atoms with Crippen LogP contribution >= 0.6 is 0 Å². The highest BCUT2D eigenvalue weighted by Crippen LogP contribution is 2.32. The highest BCUT2D eigenvalue weighted by molar-refractivity contribution is 6.69. The summed E-state index contributed by atoms with van der Waals surface area (Å²) in [7, 11) is -1.49. The Kier molecular flexibility index (Phi) is 5.62. The number of terminal acetylenes is 1. The summed E-state index contributed by atoms with van der Waals surface area (Å²) < 4.78 is 6.19. The van der Waals surface area contributed by atoms with E-state index in [-0.39, 0.29) is 11.5 Å². The quantitative estimate of drug-likeness (QED) is 0.490. The largest absolute Gasteiger partial charge is 0.413 e. The van der Waals surface area contributed by atoms with Crippen molar-refractivity contribution in [3.8, 4) is 12.3 Å². The minimum Gasteiger partial charge on any atom is -0.413 e. The van der Waals surface area contributed by atoms with E-state index in [1.807, 2.05) is 0 Å². The second kappa shape index (κ2) is 5.72. The molecule has 15 heavy (non-hydrogen) atoms. The maximum atomic E-state index is 6.19. The van der Waals surface area contributed by atoms with E-state index in [4.69, 9.17) is 10.8 Å². The smallest absolute Gasteiger partial charge is 0.184 e. The maximum absolute atomic E-state index is 6.19. The molecule has 1 unspecified atom stereocenters. The Labute approximate surface area is 96.7 Å². The molecule has 0 bridgehead atoms. The van der Waals surface area contributed by atoms with E-state index in [0.717, 1.165) is 6.42 Å². The molecule has 0 N–H and O–H groups in total. The highest BCUT2D eigenvalue weighted by atomic mass is 28.4. The number of rotatable bonds is 6. The van der Waals surface area contributed by atoms with Gasteiger partial charge in [0.15, 0.2) is 8.32 Å². The molecular weight excluding hydrogens is 200 g/mol. The van der Waals surface area contributed by atoms with Crippen molar-refractivity contribution < 1.29 is 4.43 Å². The van der Waals surface area contributed by atoms with Crippen molar-refractivity contribution in [2.45, 2.75) is 65.8 Å². The van der Waals surface area contributed by atoms with Crippen LogP contribution in [0.2, 0.25) is 19.6 Å². The van der Waals surface area contributed by atoms with Crippen molar-refractivity contribution in [3.05, 3.63) is 0 Å². The predicted octanol–water partition coefficient (Wildman–Crippen LogP) is 4.06. The zero-order chi connectivity index (χ0) is 12.1. The van der Waals surface area contributed by atoms with Crippen molar-refractivity contribution in [1.29, 1.82) is 0 Å². The number of hydrogen-bond acceptors (Lipinski definition) is 1. The minimum absolute atomic E-state index is 0.196. The Morgan fingerprint density at radius 3 is 2.20 bits per heavy atom. The molecule has 1 atom stereocenters. The van der Waals surface area contributed by atoms with Crippen molar-refractivity contribution in [2.75, 3.05) is 0 Å². The van der Waals surface area contributed by atoms with Crippen LogP contribution in [-0.2, 0) is 4.43 Å². The average molecular weight is 226 g/mol. The fraction of sp³-hybridized carbons (Fsp3) is 0.846. The molecule has 0 aliphatic carbocycles. The molecule has 0 spiro atoms. The van der Waals surface area contributed by atoms with Gasteiger partial charge in [-0.3, -0.25) is 0 Å². The zero-order valence-electron chi connectivity index (χ0n) is 11.2. The molecule has 0 fully saturated rings. The first kappa shape index (κ1) is 14.7. The third kappa shape index (κ3) is 6.02. The lowest BCUT2D eigenvalue weighted by Gasteiger charge is -2.37. The van der Waals surface area contributed by atoms with Gasteiger partial charge < -0.3 is 4.43 Å². The van der Waals surface area contributed by atoms with Crippen LogP contribution in [-0.4, -0.2) is 14.4 Å². The fourth-order valence-corrected chi connectivity index (χ4v) is 3.07. The summed E-state index contributed by atoms with van der Waals surface area (Å²) in [6, 6.07) is 0. The van der Waals surface area contributed by atoms with Crippen LogP contribution in [0, 0.1) is 17.8 Å². The Morgan fingerprint density at radius 2 is 1.87 bits per heavy atom. The molecule has 0 amide bonds. The first-order valence-corrected chi connectivity index (χ1v) is 9.25. The molecule has 1 nitrogen and oxygen atoms in total. The molecule has 2 heteroatoms. The SMILES string of the molecule is C#CCC(O[Si](C)(C)C)C(C)(C)CCC. The molecule has 0 aromatic carbocycles. The molecule has 0 radical (unpaired) electrons. The van der Waals surface area contributed by atoms with E-state index in [2.05, 4.69) is 46.3 Å². The highest BCUT2D eigenvalue weighted by Gasteiger charge is 2.32. The Hall–Kier alpha value is -0.263. The van der Waals surface area contributed by atoms with E-state index in [1.165, 1.54) is 12.8 Å². The van der Waals surface area contributed by atoms with Gasteiger partial charge in [-0.15, -0.1) is 12.3 Å². The minimum atomic E-state index is -1.49. The molecule has 0 saturated carbocycles. The summed E-state index contributed by atoms with van der Waals surface area (Å²) in [5.74, 6) is 2.75. The second-order valence-corrected chi connectivity index (χ2v) is 10.3. The van der Waals surface area contributed by atoms with Gasteiger partial charge >= 0.3 is 0 Å². The van der Waals surface area contributed by atoms with Gasteiger partial charge in [0.1, 0.15) is 0 Å². The van der Waals surface area contributed by atoms with Crippen LogP contribution in [0.1, 0.15) is 40.0 Å². The van der Waals surface area contributed by atoms with Gasteiger partial charge in [0.2, 0.25) is 0 Å². The van der Waals surface area contributed by atoms with Crippen LogP contribution in [0.4, 0.5) is 0 Å². The lowest BCUT2D eigenvalue weighted by atomic mass is 9.81. The molecule has 0 aliphatic rings. The summed E-state index contributed by atoms with van der Waals surface area (Å²) in [5.41, 5.74) is 0.196. The summed E-state index contributed by atoms with van der Waals surface area (Å²) in [6.45, 7) is 13.4. The summed E-state index contributed by atoms with van der Waals surface area (Å²) in [4.78, 5) is 0. The van der Waals surface area contributed by atoms with Gasteiger partial charge in [-0.25, -0.2) is 0 Å². The lowest BCUT2D eigenvalue weighted by Crippen LogP contribution is -2.40. The molecule has 0 aromatic rings. The van der Waals surface area contributed by atoms with Gasteiger partial charge in [0.25, 0.3) is 0 Å². The topological polar surface area (TPSA) is 9.23 Å². The molecule has 0 heterocycles. The molecule has 0 rings (SSSR count). The molecular formula is C13H26OSi. The van der Waals surface area contributed by atoms with Crippen molar-refractivity contribution in [3.63, 3.8) is 0 Å². The first-order chi connectivity index (χ1) is 6.73. The summed E-state index contributed by atoms with van der Waals surface area (Å²) in [6.07, 6.45) is 8.73. The summed E-state index contributed by atoms with van der Waals surface area (Å²) >= 11 is 0. The maximum Gasteiger partial charge on any atom is 0.184 e. The second-order valence-electron chi connectivity index (χ2n) is 5.87. The average Bonchev–Trinajstić information content (AvgIpc) is 2.01. The van der Waals surface area contributed by atoms with Crippen LogP contribution in [0.3, 0.4) is 0 Å². The van der Waals surface area contributed by atoms with Crippen molar-refractivity contribution in [1.82, 2.24) is 0 Å². The van der Waals surface area contributed by atoms with E-state index in [0.29, 0.717) is 0 Å². The Bertz CT molecular complexity index is 220. The van der Waals surface area contributed by atoms with Crippen LogP contribution in [0.5, 0.6) is 0 Å². The van der Waals surface area contributed by atoms with Gasteiger partial charge in [-0.05, 0) is 31.5 Å². The van der Waals surface area contributed by atoms with Crippen LogP contribution in [0.15, 0.2) is 0 Å². The standard InChI is InChI=1S/C13H26OSi/c1-8-10-12(14-15(5,6)7)13(3,4)11-9-2/h1,12H,9-11H2,2-7H3. The monoisotopic (exact) mass is 226 g/mol. The van der Waals surface area contributed by atoms with Gasteiger partial charge in [-0.1, -0.05) is 27.2 Å². The van der Waals surface area contributed by atoms with E-state index >= 15 is 0 Å². The Balaban J connectivity index is 4.59. The lowest BCUT2D eigenvalue weighted by molar-refractivity contribution is 0.0633. The van der Waals surface area contributed by atoms with E-state index in [1.54, 1.807) is 0 Å². The molecule has 88 valence electrons. The van der Waals surface area contributed by atoms with Crippen molar-refractivity contribution in [2.24, 2.45) is 5.41 Å². The Morgan fingerprint density at radius 1 is 1.33 bits per heavy atom. The molecule has 0 saturated heterocycles. The third-order valence-electron chi connectivity index (χ3n) is 2.57. The van der Waals surface area contributed by atoms with Gasteiger partial charge in [0, 0.05) is 6.42 Å². The molecule has 0 aliphatic heterocycles. The van der Waals surface area contributed by atoms with Crippen molar-refractivity contribution >= 4 is 8.32 Å². The zero-order valence-corrected chi connectivity index (χ0v) is 12.2. The van der Waals surface area contributed by atoms with E-state index in [9.17, 15) is 0 Å². The number of hydrogen-bond donors (Lipinski definition) is 0.